The zero-order valence-electron chi connectivity index (χ0n) is 23.6. The normalized spacial score (nSPS) is 26.0. The number of imidazole rings is 1. The maximum Gasteiger partial charge on any atom is 0.192 e. The third-order valence-electron chi connectivity index (χ3n) is 8.34. The molecule has 2 aromatic rings. The van der Waals surface area contributed by atoms with Gasteiger partial charge in [-0.25, -0.2) is 15.0 Å². The fourth-order valence-corrected chi connectivity index (χ4v) is 6.61. The fourth-order valence-electron chi connectivity index (χ4n) is 4.00. The molecular formula is C25H45N5O4Si2. The van der Waals surface area contributed by atoms with E-state index >= 15 is 0 Å². The molecular weight excluding hydrogens is 490 g/mol. The molecule has 1 fully saturated rings. The zero-order chi connectivity index (χ0) is 27.3. The maximum atomic E-state index is 10.8. The molecule has 11 heteroatoms. The maximum absolute atomic E-state index is 10.8. The van der Waals surface area contributed by atoms with Crippen LogP contribution in [0.4, 0.5) is 5.82 Å². The number of hydrogen-bond acceptors (Lipinski definition) is 8. The Balaban J connectivity index is 2.23. The van der Waals surface area contributed by atoms with Gasteiger partial charge in [0.1, 0.15) is 29.7 Å². The van der Waals surface area contributed by atoms with Gasteiger partial charge in [-0.15, -0.1) is 6.58 Å². The predicted octanol–water partition coefficient (Wildman–Crippen LogP) is 5.03. The summed E-state index contributed by atoms with van der Waals surface area (Å²) in [4.78, 5) is 13.0. The number of aromatic nitrogens is 4. The monoisotopic (exact) mass is 535 g/mol. The van der Waals surface area contributed by atoms with E-state index in [2.05, 4.69) is 89.3 Å². The van der Waals surface area contributed by atoms with Crippen LogP contribution in [0.2, 0.25) is 36.3 Å². The zero-order valence-corrected chi connectivity index (χ0v) is 25.6. The van der Waals surface area contributed by atoms with Crippen LogP contribution < -0.4 is 5.73 Å². The Morgan fingerprint density at radius 2 is 1.67 bits per heavy atom. The minimum absolute atomic E-state index is 0.0500. The molecule has 0 saturated carbocycles. The molecule has 3 N–H and O–H groups in total. The largest absolute Gasteiger partial charge is 0.408 e. The Bertz CT molecular complexity index is 1090. The SMILES string of the molecule is C=CC[C@]1(CO)O[C@@H](n2cnc3c(N)ncnc32)[C@H](O[Si](C)(C)C(C)(C)C)[C@@H]1O[Si](C)(C)C(C)(C)C. The van der Waals surface area contributed by atoms with Crippen molar-refractivity contribution in [2.24, 2.45) is 0 Å². The number of hydrogen-bond donors (Lipinski definition) is 2. The van der Waals surface area contributed by atoms with Crippen molar-refractivity contribution in [3.05, 3.63) is 25.3 Å². The summed E-state index contributed by atoms with van der Waals surface area (Å²) in [6.45, 7) is 25.8. The average Bonchev–Trinajstić information content (AvgIpc) is 3.28. The van der Waals surface area contributed by atoms with Crippen LogP contribution in [0, 0.1) is 0 Å². The van der Waals surface area contributed by atoms with E-state index in [4.69, 9.17) is 19.3 Å². The summed E-state index contributed by atoms with van der Waals surface area (Å²) < 4.78 is 22.8. The minimum Gasteiger partial charge on any atom is -0.408 e. The van der Waals surface area contributed by atoms with Crippen LogP contribution in [-0.2, 0) is 13.6 Å². The Labute approximate surface area is 217 Å². The van der Waals surface area contributed by atoms with Crippen molar-refractivity contribution in [3.8, 4) is 0 Å². The first kappa shape index (κ1) is 28.9. The summed E-state index contributed by atoms with van der Waals surface area (Å²) in [5.41, 5.74) is 6.10. The molecule has 1 aliphatic rings. The topological polar surface area (TPSA) is 118 Å². The summed E-state index contributed by atoms with van der Waals surface area (Å²) in [6, 6.07) is 0. The van der Waals surface area contributed by atoms with Crippen LogP contribution in [-0.4, -0.2) is 65.7 Å². The van der Waals surface area contributed by atoms with Crippen molar-refractivity contribution >= 4 is 33.6 Å². The van der Waals surface area contributed by atoms with Crippen LogP contribution in [0.25, 0.3) is 11.2 Å². The Morgan fingerprint density at radius 1 is 1.08 bits per heavy atom. The third-order valence-corrected chi connectivity index (χ3v) is 17.3. The summed E-state index contributed by atoms with van der Waals surface area (Å²) >= 11 is 0. The van der Waals surface area contributed by atoms with Crippen molar-refractivity contribution in [2.45, 2.75) is 108 Å². The highest BCUT2D eigenvalue weighted by Gasteiger charge is 2.60. The quantitative estimate of drug-likeness (QED) is 0.357. The molecule has 36 heavy (non-hydrogen) atoms. The van der Waals surface area contributed by atoms with Crippen LogP contribution >= 0.6 is 0 Å². The smallest absolute Gasteiger partial charge is 0.192 e. The van der Waals surface area contributed by atoms with Gasteiger partial charge in [0.05, 0.1) is 12.9 Å². The first-order chi connectivity index (χ1) is 16.4. The molecule has 3 rings (SSSR count). The van der Waals surface area contributed by atoms with E-state index in [0.29, 0.717) is 23.4 Å². The molecule has 4 atom stereocenters. The molecule has 0 spiro atoms. The first-order valence-corrected chi connectivity index (χ1v) is 18.4. The Hall–Kier alpha value is -1.64. The molecule has 3 heterocycles. The van der Waals surface area contributed by atoms with E-state index in [-0.39, 0.29) is 16.7 Å². The Kier molecular flexibility index (Phi) is 7.71. The fraction of sp³-hybridized carbons (Fsp3) is 0.720. The number of fused-ring (bicyclic) bond motifs is 1. The van der Waals surface area contributed by atoms with E-state index in [0.717, 1.165) is 0 Å². The van der Waals surface area contributed by atoms with E-state index < -0.39 is 40.7 Å². The van der Waals surface area contributed by atoms with E-state index in [1.54, 1.807) is 12.4 Å². The lowest BCUT2D eigenvalue weighted by molar-refractivity contribution is -0.122. The van der Waals surface area contributed by atoms with E-state index in [1.807, 2.05) is 4.57 Å². The van der Waals surface area contributed by atoms with Gasteiger partial charge in [-0.3, -0.25) is 4.57 Å². The van der Waals surface area contributed by atoms with Crippen LogP contribution in [0.5, 0.6) is 0 Å². The van der Waals surface area contributed by atoms with Gasteiger partial charge in [0.15, 0.2) is 34.3 Å². The molecule has 0 bridgehead atoms. The number of anilines is 1. The van der Waals surface area contributed by atoms with Crippen molar-refractivity contribution < 1.29 is 18.7 Å². The van der Waals surface area contributed by atoms with E-state index in [9.17, 15) is 5.11 Å². The number of nitrogens with zero attached hydrogens (tertiary/aromatic N) is 4. The number of nitrogen functional groups attached to an aromatic ring is 1. The number of rotatable bonds is 8. The minimum atomic E-state index is -2.31. The lowest BCUT2D eigenvalue weighted by Crippen LogP contribution is -2.57. The highest BCUT2D eigenvalue weighted by atomic mass is 28.4. The Morgan fingerprint density at radius 3 is 2.19 bits per heavy atom. The number of nitrogens with two attached hydrogens (primary N) is 1. The highest BCUT2D eigenvalue weighted by molar-refractivity contribution is 6.74. The molecule has 0 radical (unpaired) electrons. The first-order valence-electron chi connectivity index (χ1n) is 12.6. The van der Waals surface area contributed by atoms with Gasteiger partial charge in [0.2, 0.25) is 0 Å². The molecule has 0 aliphatic carbocycles. The van der Waals surface area contributed by atoms with Gasteiger partial charge in [0.25, 0.3) is 0 Å². The second kappa shape index (κ2) is 9.59. The molecule has 202 valence electrons. The van der Waals surface area contributed by atoms with Crippen LogP contribution in [0.15, 0.2) is 25.3 Å². The van der Waals surface area contributed by atoms with Crippen LogP contribution in [0.3, 0.4) is 0 Å². The van der Waals surface area contributed by atoms with Gasteiger partial charge in [0, 0.05) is 0 Å². The van der Waals surface area contributed by atoms with Gasteiger partial charge >= 0.3 is 0 Å². The van der Waals surface area contributed by atoms with E-state index in [1.165, 1.54) is 6.33 Å². The van der Waals surface area contributed by atoms with Gasteiger partial charge in [-0.2, -0.15) is 0 Å². The van der Waals surface area contributed by atoms with Gasteiger partial charge in [-0.05, 0) is 42.7 Å². The molecule has 1 aliphatic heterocycles. The average molecular weight is 536 g/mol. The lowest BCUT2D eigenvalue weighted by Gasteiger charge is -2.45. The molecule has 2 aromatic heterocycles. The summed E-state index contributed by atoms with van der Waals surface area (Å²) in [5, 5.41) is 10.7. The number of ether oxygens (including phenoxy) is 1. The summed E-state index contributed by atoms with van der Waals surface area (Å²) in [6.07, 6.45) is 3.57. The van der Waals surface area contributed by atoms with Gasteiger partial charge in [-0.1, -0.05) is 47.6 Å². The van der Waals surface area contributed by atoms with Crippen molar-refractivity contribution in [1.29, 1.82) is 0 Å². The van der Waals surface area contributed by atoms with Gasteiger partial charge < -0.3 is 24.4 Å². The van der Waals surface area contributed by atoms with Crippen molar-refractivity contribution in [3.63, 3.8) is 0 Å². The molecule has 0 amide bonds. The van der Waals surface area contributed by atoms with Crippen molar-refractivity contribution in [2.75, 3.05) is 12.3 Å². The molecule has 0 unspecified atom stereocenters. The third kappa shape index (κ3) is 5.05. The lowest BCUT2D eigenvalue weighted by atomic mass is 9.92. The summed E-state index contributed by atoms with van der Waals surface area (Å²) in [5.74, 6) is 0.298. The second-order valence-corrected chi connectivity index (χ2v) is 22.5. The summed E-state index contributed by atoms with van der Waals surface area (Å²) in [7, 11) is -4.61. The standard InChI is InChI=1S/C25H45N5O4Si2/c1-12-13-25(14-31)19(34-36(10,11)24(5,6)7)18(33-35(8,9)23(2,3)4)22(32-25)30-16-29-17-20(26)27-15-28-21(17)30/h12,15-16,18-19,22,31H,1,13-14H2,2-11H3,(H2,26,27,28)/t18-,19+,22-,25-/m1/s1. The second-order valence-electron chi connectivity index (χ2n) is 12.9. The number of aliphatic hydroxyl groups excluding tert-OH is 1. The van der Waals surface area contributed by atoms with Crippen molar-refractivity contribution in [1.82, 2.24) is 19.5 Å². The molecule has 0 aromatic carbocycles. The highest BCUT2D eigenvalue weighted by Crippen LogP contribution is 2.50. The number of aliphatic hydroxyl groups is 1. The molecule has 9 nitrogen and oxygen atoms in total. The molecule has 1 saturated heterocycles. The predicted molar refractivity (Wildman–Crippen MR) is 149 cm³/mol. The van der Waals surface area contributed by atoms with Crippen LogP contribution in [0.1, 0.15) is 54.2 Å².